The molecule has 140 valence electrons. The van der Waals surface area contributed by atoms with E-state index in [9.17, 15) is 4.79 Å². The summed E-state index contributed by atoms with van der Waals surface area (Å²) in [6.45, 7) is 2.31. The van der Waals surface area contributed by atoms with E-state index in [2.05, 4.69) is 35.4 Å². The predicted molar refractivity (Wildman–Crippen MR) is 113 cm³/mol. The van der Waals surface area contributed by atoms with E-state index >= 15 is 0 Å². The highest BCUT2D eigenvalue weighted by molar-refractivity contribution is 5.92. The number of carbonyl (C=O) groups is 1. The lowest BCUT2D eigenvalue weighted by molar-refractivity contribution is -0.116. The van der Waals surface area contributed by atoms with E-state index in [-0.39, 0.29) is 12.5 Å². The van der Waals surface area contributed by atoms with E-state index in [0.29, 0.717) is 0 Å². The molecule has 0 bridgehead atoms. The molecule has 0 fully saturated rings. The van der Waals surface area contributed by atoms with Gasteiger partial charge in [-0.15, -0.1) is 0 Å². The fourth-order valence-corrected chi connectivity index (χ4v) is 3.52. The number of benzene rings is 3. The van der Waals surface area contributed by atoms with Crippen molar-refractivity contribution in [3.8, 4) is 0 Å². The van der Waals surface area contributed by atoms with Crippen molar-refractivity contribution in [2.24, 2.45) is 0 Å². The van der Waals surface area contributed by atoms with Gasteiger partial charge < -0.3 is 9.88 Å². The average Bonchev–Trinajstić information content (AvgIpc) is 3.08. The van der Waals surface area contributed by atoms with Crippen molar-refractivity contribution in [2.45, 2.75) is 26.3 Å². The van der Waals surface area contributed by atoms with Crippen LogP contribution in [-0.2, 0) is 24.2 Å². The molecule has 0 aliphatic rings. The first kappa shape index (κ1) is 18.0. The SMILES string of the molecule is CCc1nc2ccccc2n1CC(=O)Nc1ccccc1Cc1ccccc1. The van der Waals surface area contributed by atoms with Crippen molar-refractivity contribution in [3.63, 3.8) is 0 Å². The van der Waals surface area contributed by atoms with Gasteiger partial charge in [-0.2, -0.15) is 0 Å². The molecule has 0 saturated heterocycles. The highest BCUT2D eigenvalue weighted by atomic mass is 16.1. The molecule has 0 radical (unpaired) electrons. The molecule has 0 saturated carbocycles. The van der Waals surface area contributed by atoms with Crippen LogP contribution < -0.4 is 5.32 Å². The van der Waals surface area contributed by atoms with Crippen molar-refractivity contribution >= 4 is 22.6 Å². The van der Waals surface area contributed by atoms with E-state index in [1.54, 1.807) is 0 Å². The average molecular weight is 369 g/mol. The Bertz CT molecular complexity index is 1100. The predicted octanol–water partition coefficient (Wildman–Crippen LogP) is 4.83. The molecule has 0 atom stereocenters. The number of hydrogen-bond acceptors (Lipinski definition) is 2. The fourth-order valence-electron chi connectivity index (χ4n) is 3.52. The molecular weight excluding hydrogens is 346 g/mol. The monoisotopic (exact) mass is 369 g/mol. The summed E-state index contributed by atoms with van der Waals surface area (Å²) in [5.74, 6) is 0.882. The Kier molecular flexibility index (Phi) is 5.20. The number of amides is 1. The van der Waals surface area contributed by atoms with Gasteiger partial charge in [-0.1, -0.05) is 67.6 Å². The second-order valence-corrected chi connectivity index (χ2v) is 6.82. The van der Waals surface area contributed by atoms with Crippen LogP contribution in [0.4, 0.5) is 5.69 Å². The fraction of sp³-hybridized carbons (Fsp3) is 0.167. The third-order valence-electron chi connectivity index (χ3n) is 4.88. The number of aryl methyl sites for hydroxylation is 1. The number of para-hydroxylation sites is 3. The number of fused-ring (bicyclic) bond motifs is 1. The molecule has 4 aromatic rings. The van der Waals surface area contributed by atoms with Crippen LogP contribution in [0.5, 0.6) is 0 Å². The van der Waals surface area contributed by atoms with Crippen molar-refractivity contribution in [3.05, 3.63) is 95.8 Å². The summed E-state index contributed by atoms with van der Waals surface area (Å²) in [7, 11) is 0. The van der Waals surface area contributed by atoms with Gasteiger partial charge in [0.25, 0.3) is 0 Å². The second-order valence-electron chi connectivity index (χ2n) is 6.82. The number of rotatable bonds is 6. The largest absolute Gasteiger partial charge is 0.324 e. The Hall–Kier alpha value is -3.40. The van der Waals surface area contributed by atoms with Gasteiger partial charge in [0.1, 0.15) is 12.4 Å². The van der Waals surface area contributed by atoms with Crippen LogP contribution in [0, 0.1) is 0 Å². The molecule has 3 aromatic carbocycles. The molecule has 1 amide bonds. The summed E-state index contributed by atoms with van der Waals surface area (Å²) in [6.07, 6.45) is 1.57. The van der Waals surface area contributed by atoms with Gasteiger partial charge in [0.2, 0.25) is 5.91 Å². The van der Waals surface area contributed by atoms with Crippen LogP contribution in [0.25, 0.3) is 11.0 Å². The molecule has 0 unspecified atom stereocenters. The van der Waals surface area contributed by atoms with Crippen molar-refractivity contribution in [2.75, 3.05) is 5.32 Å². The lowest BCUT2D eigenvalue weighted by atomic mass is 10.0. The smallest absolute Gasteiger partial charge is 0.244 e. The molecule has 1 N–H and O–H groups in total. The van der Waals surface area contributed by atoms with E-state index in [0.717, 1.165) is 41.0 Å². The molecule has 1 heterocycles. The highest BCUT2D eigenvalue weighted by Crippen LogP contribution is 2.20. The Morgan fingerprint density at radius 1 is 0.929 bits per heavy atom. The molecule has 0 aliphatic carbocycles. The minimum Gasteiger partial charge on any atom is -0.324 e. The van der Waals surface area contributed by atoms with Gasteiger partial charge in [0, 0.05) is 12.1 Å². The summed E-state index contributed by atoms with van der Waals surface area (Å²) in [5.41, 5.74) is 5.11. The molecule has 0 spiro atoms. The third kappa shape index (κ3) is 3.81. The van der Waals surface area contributed by atoms with Crippen molar-refractivity contribution in [1.29, 1.82) is 0 Å². The van der Waals surface area contributed by atoms with Gasteiger partial charge in [-0.05, 0) is 35.7 Å². The number of hydrogen-bond donors (Lipinski definition) is 1. The number of anilines is 1. The number of nitrogens with one attached hydrogen (secondary N) is 1. The zero-order chi connectivity index (χ0) is 19.3. The minimum absolute atomic E-state index is 0.0432. The Labute approximate surface area is 164 Å². The molecule has 1 aromatic heterocycles. The topological polar surface area (TPSA) is 46.9 Å². The number of nitrogens with zero attached hydrogens (tertiary/aromatic N) is 2. The summed E-state index contributed by atoms with van der Waals surface area (Å²) in [6, 6.07) is 26.2. The summed E-state index contributed by atoms with van der Waals surface area (Å²) in [4.78, 5) is 17.5. The first-order valence-corrected chi connectivity index (χ1v) is 9.60. The van der Waals surface area contributed by atoms with Crippen LogP contribution in [-0.4, -0.2) is 15.5 Å². The van der Waals surface area contributed by atoms with E-state index < -0.39 is 0 Å². The summed E-state index contributed by atoms with van der Waals surface area (Å²) >= 11 is 0. The number of aromatic nitrogens is 2. The van der Waals surface area contributed by atoms with Crippen LogP contribution in [0.1, 0.15) is 23.9 Å². The van der Waals surface area contributed by atoms with E-state index in [1.807, 2.05) is 65.2 Å². The molecule has 4 rings (SSSR count). The Morgan fingerprint density at radius 3 is 2.46 bits per heavy atom. The first-order valence-electron chi connectivity index (χ1n) is 9.60. The lowest BCUT2D eigenvalue weighted by Gasteiger charge is -2.13. The van der Waals surface area contributed by atoms with Gasteiger partial charge in [-0.3, -0.25) is 4.79 Å². The maximum absolute atomic E-state index is 12.8. The standard InChI is InChI=1S/C24H23N3O/c1-2-23-25-21-14-8-9-15-22(21)27(23)17-24(28)26-20-13-7-6-12-19(20)16-18-10-4-3-5-11-18/h3-15H,2,16-17H2,1H3,(H,26,28). The van der Waals surface area contributed by atoms with Gasteiger partial charge in [-0.25, -0.2) is 4.98 Å². The summed E-state index contributed by atoms with van der Waals surface area (Å²) in [5, 5.41) is 3.10. The molecule has 4 heteroatoms. The van der Waals surface area contributed by atoms with Crippen LogP contribution in [0.3, 0.4) is 0 Å². The maximum Gasteiger partial charge on any atom is 0.244 e. The maximum atomic E-state index is 12.8. The van der Waals surface area contributed by atoms with Crippen LogP contribution in [0.15, 0.2) is 78.9 Å². The third-order valence-corrected chi connectivity index (χ3v) is 4.88. The van der Waals surface area contributed by atoms with Crippen molar-refractivity contribution in [1.82, 2.24) is 9.55 Å². The number of imidazole rings is 1. The summed E-state index contributed by atoms with van der Waals surface area (Å²) < 4.78 is 2.00. The van der Waals surface area contributed by atoms with E-state index in [1.165, 1.54) is 5.56 Å². The quantitative estimate of drug-likeness (QED) is 0.529. The highest BCUT2D eigenvalue weighted by Gasteiger charge is 2.13. The minimum atomic E-state index is -0.0432. The molecule has 28 heavy (non-hydrogen) atoms. The first-order chi connectivity index (χ1) is 13.7. The van der Waals surface area contributed by atoms with Gasteiger partial charge >= 0.3 is 0 Å². The zero-order valence-electron chi connectivity index (χ0n) is 15.9. The molecular formula is C24H23N3O. The van der Waals surface area contributed by atoms with Crippen LogP contribution in [0.2, 0.25) is 0 Å². The molecule has 4 nitrogen and oxygen atoms in total. The van der Waals surface area contributed by atoms with Gasteiger partial charge in [0.05, 0.1) is 11.0 Å². The van der Waals surface area contributed by atoms with E-state index in [4.69, 9.17) is 0 Å². The lowest BCUT2D eigenvalue weighted by Crippen LogP contribution is -2.20. The zero-order valence-corrected chi connectivity index (χ0v) is 15.9. The van der Waals surface area contributed by atoms with Crippen molar-refractivity contribution < 1.29 is 4.79 Å². The number of carbonyl (C=O) groups excluding carboxylic acids is 1. The Balaban J connectivity index is 1.55. The molecule has 0 aliphatic heterocycles. The normalized spacial score (nSPS) is 10.9. The van der Waals surface area contributed by atoms with Crippen LogP contribution >= 0.6 is 0 Å². The van der Waals surface area contributed by atoms with Gasteiger partial charge in [0.15, 0.2) is 0 Å². The Morgan fingerprint density at radius 2 is 1.64 bits per heavy atom. The second kappa shape index (κ2) is 8.09.